The van der Waals surface area contributed by atoms with Gasteiger partial charge in [-0.05, 0) is 37.3 Å². The Morgan fingerprint density at radius 1 is 0.972 bits per heavy atom. The van der Waals surface area contributed by atoms with Gasteiger partial charge in [-0.1, -0.05) is 0 Å². The van der Waals surface area contributed by atoms with Crippen LogP contribution in [-0.4, -0.2) is 80.7 Å². The lowest BCUT2D eigenvalue weighted by atomic mass is 10.1. The highest BCUT2D eigenvalue weighted by Gasteiger charge is 2.26. The molecule has 0 N–H and O–H groups in total. The smallest absolute Gasteiger partial charge is 0.272 e. The van der Waals surface area contributed by atoms with E-state index in [0.29, 0.717) is 54.9 Å². The molecule has 36 heavy (non-hydrogen) atoms. The van der Waals surface area contributed by atoms with Gasteiger partial charge >= 0.3 is 0 Å². The van der Waals surface area contributed by atoms with Crippen LogP contribution in [0.4, 0.5) is 5.82 Å². The summed E-state index contributed by atoms with van der Waals surface area (Å²) in [6.07, 6.45) is 3.57. The van der Waals surface area contributed by atoms with Gasteiger partial charge in [-0.2, -0.15) is 10.2 Å². The predicted octanol–water partition coefficient (Wildman–Crippen LogP) is 2.35. The van der Waals surface area contributed by atoms with E-state index in [1.807, 2.05) is 48.4 Å². The number of anilines is 1. The van der Waals surface area contributed by atoms with Crippen LogP contribution >= 0.6 is 0 Å². The third-order valence-electron chi connectivity index (χ3n) is 6.22. The second-order valence-corrected chi connectivity index (χ2v) is 8.47. The first-order valence-corrected chi connectivity index (χ1v) is 11.6. The van der Waals surface area contributed by atoms with Gasteiger partial charge in [0, 0.05) is 57.3 Å². The minimum absolute atomic E-state index is 0.0612. The highest BCUT2D eigenvalue weighted by atomic mass is 16.5. The minimum atomic E-state index is -0.0612. The Bertz CT molecular complexity index is 1370. The maximum Gasteiger partial charge on any atom is 0.272 e. The van der Waals surface area contributed by atoms with Gasteiger partial charge in [0.25, 0.3) is 5.91 Å². The second-order valence-electron chi connectivity index (χ2n) is 8.47. The van der Waals surface area contributed by atoms with Gasteiger partial charge in [0.1, 0.15) is 28.8 Å². The quantitative estimate of drug-likeness (QED) is 0.408. The summed E-state index contributed by atoms with van der Waals surface area (Å²) in [5.74, 6) is 3.51. The third kappa shape index (κ3) is 4.47. The van der Waals surface area contributed by atoms with Gasteiger partial charge in [0.05, 0.1) is 19.9 Å². The SMILES string of the molecule is COc1ccc(OC)c(-c2cc(C(=O)N3CCN(c4cc(-n5cccn5)nc(C)n4)CC3)n(C)n2)c1. The van der Waals surface area contributed by atoms with Gasteiger partial charge in [-0.25, -0.2) is 14.6 Å². The van der Waals surface area contributed by atoms with E-state index >= 15 is 0 Å². The highest BCUT2D eigenvalue weighted by molar-refractivity contribution is 5.94. The first-order valence-electron chi connectivity index (χ1n) is 11.6. The van der Waals surface area contributed by atoms with Crippen molar-refractivity contribution in [3.05, 3.63) is 60.3 Å². The lowest BCUT2D eigenvalue weighted by Gasteiger charge is -2.35. The molecule has 11 nitrogen and oxygen atoms in total. The standard InChI is InChI=1S/C25H28N8O3/c1-17-27-23(16-24(28-17)33-9-5-8-26-33)31-10-12-32(13-11-31)25(34)21-15-20(29-30(21)2)19-14-18(35-3)6-7-22(19)36-4/h5-9,14-16H,10-13H2,1-4H3. The van der Waals surface area contributed by atoms with Crippen LogP contribution in [0.1, 0.15) is 16.3 Å². The molecule has 0 unspecified atom stereocenters. The Balaban J connectivity index is 1.32. The third-order valence-corrected chi connectivity index (χ3v) is 6.22. The van der Waals surface area contributed by atoms with E-state index in [-0.39, 0.29) is 5.91 Å². The number of carbonyl (C=O) groups excluding carboxylic acids is 1. The second kappa shape index (κ2) is 9.68. The zero-order valence-electron chi connectivity index (χ0n) is 20.7. The molecule has 1 aromatic carbocycles. The van der Waals surface area contributed by atoms with Crippen molar-refractivity contribution in [2.45, 2.75) is 6.92 Å². The maximum atomic E-state index is 13.4. The molecular weight excluding hydrogens is 460 g/mol. The number of benzene rings is 1. The summed E-state index contributed by atoms with van der Waals surface area (Å²) in [7, 11) is 5.00. The normalized spacial score (nSPS) is 13.7. The molecule has 0 aliphatic carbocycles. The summed E-state index contributed by atoms with van der Waals surface area (Å²) in [6.45, 7) is 4.34. The van der Waals surface area contributed by atoms with Crippen molar-refractivity contribution in [3.8, 4) is 28.6 Å². The lowest BCUT2D eigenvalue weighted by molar-refractivity contribution is 0.0735. The molecule has 11 heteroatoms. The van der Waals surface area contributed by atoms with Crippen LogP contribution in [0.25, 0.3) is 17.1 Å². The molecule has 3 aromatic heterocycles. The molecule has 0 radical (unpaired) electrons. The monoisotopic (exact) mass is 488 g/mol. The molecule has 1 amide bonds. The largest absolute Gasteiger partial charge is 0.497 e. The van der Waals surface area contributed by atoms with E-state index in [1.165, 1.54) is 0 Å². The molecule has 4 heterocycles. The van der Waals surface area contributed by atoms with Crippen LogP contribution in [-0.2, 0) is 7.05 Å². The molecule has 1 fully saturated rings. The van der Waals surface area contributed by atoms with Gasteiger partial charge in [-0.15, -0.1) is 0 Å². The van der Waals surface area contributed by atoms with Gasteiger partial charge < -0.3 is 19.3 Å². The number of rotatable bonds is 6. The average Bonchev–Trinajstić information content (AvgIpc) is 3.58. The summed E-state index contributed by atoms with van der Waals surface area (Å²) >= 11 is 0. The highest BCUT2D eigenvalue weighted by Crippen LogP contribution is 2.33. The van der Waals surface area contributed by atoms with Crippen molar-refractivity contribution in [3.63, 3.8) is 0 Å². The predicted molar refractivity (Wildman–Crippen MR) is 134 cm³/mol. The maximum absolute atomic E-state index is 13.4. The van der Waals surface area contributed by atoms with Gasteiger partial charge in [-0.3, -0.25) is 9.48 Å². The molecular formula is C25H28N8O3. The average molecular weight is 489 g/mol. The summed E-state index contributed by atoms with van der Waals surface area (Å²) in [5.41, 5.74) is 1.93. The number of nitrogens with zero attached hydrogens (tertiary/aromatic N) is 8. The van der Waals surface area contributed by atoms with Crippen LogP contribution < -0.4 is 14.4 Å². The first kappa shape index (κ1) is 23.3. The Morgan fingerprint density at radius 2 is 1.75 bits per heavy atom. The van der Waals surface area contributed by atoms with Crippen molar-refractivity contribution < 1.29 is 14.3 Å². The molecule has 186 valence electrons. The summed E-state index contributed by atoms with van der Waals surface area (Å²) in [5, 5.41) is 8.85. The molecule has 1 aliphatic rings. The molecule has 1 aliphatic heterocycles. The lowest BCUT2D eigenvalue weighted by Crippen LogP contribution is -2.49. The fourth-order valence-corrected chi connectivity index (χ4v) is 4.33. The number of aromatic nitrogens is 6. The van der Waals surface area contributed by atoms with Crippen molar-refractivity contribution >= 4 is 11.7 Å². The minimum Gasteiger partial charge on any atom is -0.497 e. The number of methoxy groups -OCH3 is 2. The van der Waals surface area contributed by atoms with E-state index < -0.39 is 0 Å². The number of aryl methyl sites for hydroxylation is 2. The van der Waals surface area contributed by atoms with Crippen molar-refractivity contribution in [2.75, 3.05) is 45.3 Å². The van der Waals surface area contributed by atoms with E-state index in [0.717, 1.165) is 17.2 Å². The molecule has 0 bridgehead atoms. The molecule has 4 aromatic rings. The number of hydrogen-bond acceptors (Lipinski definition) is 8. The van der Waals surface area contributed by atoms with Gasteiger partial charge in [0.15, 0.2) is 5.82 Å². The topological polar surface area (TPSA) is 103 Å². The van der Waals surface area contributed by atoms with E-state index in [1.54, 1.807) is 42.9 Å². The zero-order valence-corrected chi connectivity index (χ0v) is 20.7. The number of amides is 1. The van der Waals surface area contributed by atoms with Crippen LogP contribution in [0.2, 0.25) is 0 Å². The van der Waals surface area contributed by atoms with Crippen LogP contribution in [0.3, 0.4) is 0 Å². The molecule has 0 atom stereocenters. The van der Waals surface area contributed by atoms with E-state index in [4.69, 9.17) is 9.47 Å². The van der Waals surface area contributed by atoms with Crippen LogP contribution in [0.15, 0.2) is 48.8 Å². The number of hydrogen-bond donors (Lipinski definition) is 0. The fraction of sp³-hybridized carbons (Fsp3) is 0.320. The van der Waals surface area contributed by atoms with E-state index in [9.17, 15) is 4.79 Å². The van der Waals surface area contributed by atoms with Crippen molar-refractivity contribution in [1.29, 1.82) is 0 Å². The first-order chi connectivity index (χ1) is 17.5. The Labute approximate surface area is 208 Å². The Kier molecular flexibility index (Phi) is 6.28. The molecule has 0 saturated carbocycles. The van der Waals surface area contributed by atoms with Crippen LogP contribution in [0, 0.1) is 6.92 Å². The molecule has 1 saturated heterocycles. The zero-order chi connectivity index (χ0) is 25.2. The fourth-order valence-electron chi connectivity index (χ4n) is 4.33. The van der Waals surface area contributed by atoms with Gasteiger partial charge in [0.2, 0.25) is 0 Å². The number of ether oxygens (including phenoxy) is 2. The van der Waals surface area contributed by atoms with E-state index in [2.05, 4.69) is 25.1 Å². The summed E-state index contributed by atoms with van der Waals surface area (Å²) < 4.78 is 14.2. The van der Waals surface area contributed by atoms with Crippen molar-refractivity contribution in [1.82, 2.24) is 34.4 Å². The molecule has 0 spiro atoms. The van der Waals surface area contributed by atoms with Crippen LogP contribution in [0.5, 0.6) is 11.5 Å². The van der Waals surface area contributed by atoms with Crippen molar-refractivity contribution in [2.24, 2.45) is 7.05 Å². The number of piperazine rings is 1. The summed E-state index contributed by atoms with van der Waals surface area (Å²) in [6, 6.07) is 11.1. The summed E-state index contributed by atoms with van der Waals surface area (Å²) in [4.78, 5) is 26.5. The Morgan fingerprint density at radius 3 is 2.44 bits per heavy atom. The Hall–Kier alpha value is -4.41. The number of carbonyl (C=O) groups is 1. The molecule has 5 rings (SSSR count).